The Morgan fingerprint density at radius 3 is 2.67 bits per heavy atom. The highest BCUT2D eigenvalue weighted by Crippen LogP contribution is 2.33. The predicted molar refractivity (Wildman–Crippen MR) is 103 cm³/mol. The van der Waals surface area contributed by atoms with E-state index < -0.39 is 5.82 Å². The van der Waals surface area contributed by atoms with E-state index in [0.29, 0.717) is 40.7 Å². The van der Waals surface area contributed by atoms with Gasteiger partial charge in [0, 0.05) is 42.5 Å². The Bertz CT molecular complexity index is 1090. The van der Waals surface area contributed by atoms with Crippen LogP contribution >= 0.6 is 11.6 Å². The molecule has 1 aromatic carbocycles. The molecular formula is C20H19ClFN3O2. The molecule has 0 bridgehead atoms. The molecule has 3 aromatic rings. The van der Waals surface area contributed by atoms with Crippen molar-refractivity contribution in [1.82, 2.24) is 14.5 Å². The van der Waals surface area contributed by atoms with E-state index in [1.165, 1.54) is 10.6 Å². The van der Waals surface area contributed by atoms with Crippen LogP contribution in [0.2, 0.25) is 5.02 Å². The van der Waals surface area contributed by atoms with Crippen molar-refractivity contribution >= 4 is 22.5 Å². The second-order valence-electron chi connectivity index (χ2n) is 6.82. The van der Waals surface area contributed by atoms with Crippen LogP contribution in [-0.4, -0.2) is 27.7 Å². The molecule has 4 rings (SSSR count). The maximum atomic E-state index is 14.7. The second kappa shape index (κ2) is 7.02. The summed E-state index contributed by atoms with van der Waals surface area (Å²) in [5.41, 5.74) is 1.68. The Balaban J connectivity index is 2.04. The highest BCUT2D eigenvalue weighted by Gasteiger charge is 2.23. The van der Waals surface area contributed by atoms with Crippen LogP contribution in [0.3, 0.4) is 0 Å². The molecule has 7 heteroatoms. The molecule has 27 heavy (non-hydrogen) atoms. The van der Waals surface area contributed by atoms with E-state index >= 15 is 0 Å². The number of fused-ring (bicyclic) bond motifs is 1. The lowest BCUT2D eigenvalue weighted by atomic mass is 9.94. The molecule has 1 saturated heterocycles. The molecule has 0 radical (unpaired) electrons. The number of halogens is 2. The number of hydrogen-bond acceptors (Lipinski definition) is 4. The van der Waals surface area contributed by atoms with Gasteiger partial charge >= 0.3 is 0 Å². The van der Waals surface area contributed by atoms with Crippen LogP contribution in [0.4, 0.5) is 4.39 Å². The summed E-state index contributed by atoms with van der Waals surface area (Å²) in [5.74, 6) is 0.283. The molecule has 1 aliphatic rings. The Kier molecular flexibility index (Phi) is 4.70. The number of benzene rings is 1. The fourth-order valence-corrected chi connectivity index (χ4v) is 3.65. The molecule has 1 aliphatic heterocycles. The molecule has 0 atom stereocenters. The van der Waals surface area contributed by atoms with Crippen LogP contribution in [0.5, 0.6) is 0 Å². The van der Waals surface area contributed by atoms with Crippen molar-refractivity contribution in [3.8, 4) is 11.3 Å². The first-order valence-corrected chi connectivity index (χ1v) is 9.25. The normalized spacial score (nSPS) is 15.4. The van der Waals surface area contributed by atoms with Gasteiger partial charge in [-0.1, -0.05) is 11.6 Å². The molecule has 1 fully saturated rings. The third-order valence-electron chi connectivity index (χ3n) is 5.13. The number of pyridine rings is 1. The number of aromatic nitrogens is 3. The zero-order valence-corrected chi connectivity index (χ0v) is 15.9. The minimum absolute atomic E-state index is 0.198. The van der Waals surface area contributed by atoms with Crippen molar-refractivity contribution in [2.24, 2.45) is 7.05 Å². The van der Waals surface area contributed by atoms with Crippen LogP contribution in [0.1, 0.15) is 30.3 Å². The van der Waals surface area contributed by atoms with Crippen molar-refractivity contribution in [1.29, 1.82) is 0 Å². The zero-order valence-electron chi connectivity index (χ0n) is 15.1. The van der Waals surface area contributed by atoms with E-state index in [9.17, 15) is 9.18 Å². The van der Waals surface area contributed by atoms with Crippen molar-refractivity contribution in [3.05, 3.63) is 57.0 Å². The lowest BCUT2D eigenvalue weighted by molar-refractivity contribution is 0.0845. The summed E-state index contributed by atoms with van der Waals surface area (Å²) < 4.78 is 21.6. The number of hydrogen-bond donors (Lipinski definition) is 0. The van der Waals surface area contributed by atoms with Gasteiger partial charge in [-0.15, -0.1) is 0 Å². The molecule has 0 N–H and O–H groups in total. The quantitative estimate of drug-likeness (QED) is 0.667. The van der Waals surface area contributed by atoms with Crippen LogP contribution in [0.25, 0.3) is 22.2 Å². The third-order valence-corrected chi connectivity index (χ3v) is 5.37. The Hall–Kier alpha value is -2.31. The van der Waals surface area contributed by atoms with Crippen molar-refractivity contribution in [2.45, 2.75) is 25.7 Å². The van der Waals surface area contributed by atoms with Gasteiger partial charge < -0.3 is 4.74 Å². The Morgan fingerprint density at radius 2 is 1.96 bits per heavy atom. The van der Waals surface area contributed by atoms with Gasteiger partial charge in [0.05, 0.1) is 16.6 Å². The average Bonchev–Trinajstić information content (AvgIpc) is 2.66. The topological polar surface area (TPSA) is 57.0 Å². The molecule has 140 valence electrons. The standard InChI is InChI=1S/C20H19ClFN3O2/c1-11-23-17-10-16(12-5-7-27-8-6-12)24-19(18(17)20(26)25(11)2)14-4-3-13(21)9-15(14)22/h3-4,9-10,12H,5-8H2,1-2H3. The number of nitrogens with zero attached hydrogens (tertiary/aromatic N) is 3. The van der Waals surface area contributed by atoms with Gasteiger partial charge in [-0.25, -0.2) is 9.37 Å². The van der Waals surface area contributed by atoms with E-state index in [1.54, 1.807) is 26.1 Å². The third kappa shape index (κ3) is 3.24. The molecule has 0 aliphatic carbocycles. The van der Waals surface area contributed by atoms with Crippen LogP contribution in [-0.2, 0) is 11.8 Å². The summed E-state index contributed by atoms with van der Waals surface area (Å²) in [7, 11) is 1.65. The number of ether oxygens (including phenoxy) is 1. The fourth-order valence-electron chi connectivity index (χ4n) is 3.49. The Morgan fingerprint density at radius 1 is 1.22 bits per heavy atom. The maximum Gasteiger partial charge on any atom is 0.263 e. The van der Waals surface area contributed by atoms with E-state index in [-0.39, 0.29) is 17.0 Å². The molecule has 0 amide bonds. The first-order valence-electron chi connectivity index (χ1n) is 8.87. The largest absolute Gasteiger partial charge is 0.381 e. The molecule has 0 unspecified atom stereocenters. The van der Waals surface area contributed by atoms with E-state index in [4.69, 9.17) is 21.3 Å². The summed E-state index contributed by atoms with van der Waals surface area (Å²) in [6, 6.07) is 6.25. The van der Waals surface area contributed by atoms with Crippen molar-refractivity contribution in [3.63, 3.8) is 0 Å². The zero-order chi connectivity index (χ0) is 19.1. The van der Waals surface area contributed by atoms with Gasteiger partial charge in [0.25, 0.3) is 5.56 Å². The first kappa shape index (κ1) is 18.1. The minimum atomic E-state index is -0.511. The molecule has 0 spiro atoms. The summed E-state index contributed by atoms with van der Waals surface area (Å²) in [6.07, 6.45) is 1.68. The predicted octanol–water partition coefficient (Wildman–Crippen LogP) is 3.99. The fraction of sp³-hybridized carbons (Fsp3) is 0.350. The van der Waals surface area contributed by atoms with Crippen molar-refractivity contribution < 1.29 is 9.13 Å². The van der Waals surface area contributed by atoms with Crippen LogP contribution in [0.15, 0.2) is 29.1 Å². The monoisotopic (exact) mass is 387 g/mol. The van der Waals surface area contributed by atoms with Gasteiger partial charge in [0.1, 0.15) is 11.6 Å². The lowest BCUT2D eigenvalue weighted by Gasteiger charge is -2.22. The summed E-state index contributed by atoms with van der Waals surface area (Å²) in [5, 5.41) is 0.614. The van der Waals surface area contributed by atoms with Gasteiger partial charge in [-0.05, 0) is 44.0 Å². The van der Waals surface area contributed by atoms with Gasteiger partial charge in [-0.3, -0.25) is 14.3 Å². The van der Waals surface area contributed by atoms with Gasteiger partial charge in [0.2, 0.25) is 0 Å². The van der Waals surface area contributed by atoms with Crippen LogP contribution < -0.4 is 5.56 Å². The lowest BCUT2D eigenvalue weighted by Crippen LogP contribution is -2.22. The average molecular weight is 388 g/mol. The minimum Gasteiger partial charge on any atom is -0.381 e. The van der Waals surface area contributed by atoms with E-state index in [0.717, 1.165) is 18.5 Å². The maximum absolute atomic E-state index is 14.7. The van der Waals surface area contributed by atoms with Gasteiger partial charge in [-0.2, -0.15) is 0 Å². The highest BCUT2D eigenvalue weighted by molar-refractivity contribution is 6.30. The summed E-state index contributed by atoms with van der Waals surface area (Å²) in [4.78, 5) is 22.2. The smallest absolute Gasteiger partial charge is 0.263 e. The van der Waals surface area contributed by atoms with Crippen molar-refractivity contribution in [2.75, 3.05) is 13.2 Å². The summed E-state index contributed by atoms with van der Waals surface area (Å²) in [6.45, 7) is 3.11. The molecule has 2 aromatic heterocycles. The number of rotatable bonds is 2. The van der Waals surface area contributed by atoms with E-state index in [2.05, 4.69) is 4.98 Å². The summed E-state index contributed by atoms with van der Waals surface area (Å²) >= 11 is 5.90. The SMILES string of the molecule is Cc1nc2cc(C3CCOCC3)nc(-c3ccc(Cl)cc3F)c2c(=O)n1C. The number of aryl methyl sites for hydroxylation is 1. The first-order chi connectivity index (χ1) is 13.0. The molecule has 3 heterocycles. The van der Waals surface area contributed by atoms with Gasteiger partial charge in [0.15, 0.2) is 0 Å². The van der Waals surface area contributed by atoms with E-state index in [1.807, 2.05) is 6.07 Å². The molecular weight excluding hydrogens is 369 g/mol. The molecule has 5 nitrogen and oxygen atoms in total. The Labute approximate surface area is 160 Å². The molecule has 0 saturated carbocycles. The second-order valence-corrected chi connectivity index (χ2v) is 7.26. The van der Waals surface area contributed by atoms with Crippen LogP contribution in [0, 0.1) is 12.7 Å². The highest BCUT2D eigenvalue weighted by atomic mass is 35.5.